The number of fused-ring (bicyclic) bond motifs is 9. The molecule has 0 N–H and O–H groups in total. The van der Waals surface area contributed by atoms with Gasteiger partial charge in [-0.25, -0.2) is 0 Å². The van der Waals surface area contributed by atoms with E-state index in [1.165, 1.54) is 53.2 Å². The molecule has 272 valence electrons. The number of aromatic nitrogens is 1. The Morgan fingerprint density at radius 3 is 1.83 bits per heavy atom. The van der Waals surface area contributed by atoms with E-state index in [4.69, 9.17) is 4.42 Å². The van der Waals surface area contributed by atoms with Gasteiger partial charge < -0.3 is 13.9 Å². The maximum absolute atomic E-state index is 6.71. The number of thiophene rings is 1. The Morgan fingerprint density at radius 2 is 1.03 bits per heavy atom. The third kappa shape index (κ3) is 5.05. The number of rotatable bonds is 6. The van der Waals surface area contributed by atoms with Crippen LogP contribution in [0.3, 0.4) is 0 Å². The van der Waals surface area contributed by atoms with Gasteiger partial charge in [-0.3, -0.25) is 0 Å². The number of hydrogen-bond acceptors (Lipinski definition) is 3. The highest BCUT2D eigenvalue weighted by atomic mass is 32.1. The topological polar surface area (TPSA) is 21.3 Å². The van der Waals surface area contributed by atoms with Crippen molar-refractivity contribution in [1.82, 2.24) is 4.57 Å². The summed E-state index contributed by atoms with van der Waals surface area (Å²) >= 11 is 1.85. The third-order valence-electron chi connectivity index (χ3n) is 11.6. The summed E-state index contributed by atoms with van der Waals surface area (Å²) in [6.07, 6.45) is 0. The molecule has 0 aliphatic heterocycles. The van der Waals surface area contributed by atoms with Crippen molar-refractivity contribution in [2.75, 3.05) is 4.90 Å². The van der Waals surface area contributed by atoms with Crippen LogP contribution < -0.4 is 4.90 Å². The zero-order valence-corrected chi connectivity index (χ0v) is 32.2. The van der Waals surface area contributed by atoms with Gasteiger partial charge in [-0.1, -0.05) is 133 Å². The second-order valence-corrected chi connectivity index (χ2v) is 15.9. The second-order valence-electron chi connectivity index (χ2n) is 14.9. The van der Waals surface area contributed by atoms with E-state index in [2.05, 4.69) is 216 Å². The van der Waals surface area contributed by atoms with Crippen LogP contribution >= 0.6 is 11.3 Å². The van der Waals surface area contributed by atoms with Gasteiger partial charge in [0, 0.05) is 81.7 Å². The molecule has 0 fully saturated rings. The average Bonchev–Trinajstić information content (AvgIpc) is 3.96. The predicted octanol–water partition coefficient (Wildman–Crippen LogP) is 15.9. The van der Waals surface area contributed by atoms with E-state index in [-0.39, 0.29) is 0 Å². The molecule has 0 saturated carbocycles. The first-order chi connectivity index (χ1) is 28.8. The zero-order chi connectivity index (χ0) is 38.2. The second kappa shape index (κ2) is 13.1. The van der Waals surface area contributed by atoms with Crippen molar-refractivity contribution in [3.05, 3.63) is 206 Å². The molecule has 0 atom stereocenters. The fraction of sp³-hybridized carbons (Fsp3) is 0. The SMILES string of the molecule is c1ccc(-c2c3c(cc4c2c2cccc(-c5ccccc5)c2n4-c2ccc(N(c4ccccc4)c4ccc5sc6ccccc6c5c4)cc2)oc2ccccc23)cc1. The Morgan fingerprint density at radius 1 is 0.414 bits per heavy atom. The smallest absolute Gasteiger partial charge is 0.138 e. The summed E-state index contributed by atoms with van der Waals surface area (Å²) in [6, 6.07) is 74.3. The maximum Gasteiger partial charge on any atom is 0.138 e. The number of hydrogen-bond donors (Lipinski definition) is 0. The molecule has 0 bridgehead atoms. The minimum Gasteiger partial charge on any atom is -0.456 e. The van der Waals surface area contributed by atoms with Crippen LogP contribution in [0.2, 0.25) is 0 Å². The molecular weight excluding hydrogens is 725 g/mol. The van der Waals surface area contributed by atoms with Gasteiger partial charge in [0.05, 0.1) is 11.0 Å². The van der Waals surface area contributed by atoms with Gasteiger partial charge in [0.25, 0.3) is 0 Å². The largest absolute Gasteiger partial charge is 0.456 e. The molecule has 4 heteroatoms. The molecule has 12 rings (SSSR count). The summed E-state index contributed by atoms with van der Waals surface area (Å²) in [5, 5.41) is 7.25. The Balaban J connectivity index is 1.13. The Kier molecular flexibility index (Phi) is 7.40. The summed E-state index contributed by atoms with van der Waals surface area (Å²) in [6.45, 7) is 0. The van der Waals surface area contributed by atoms with Crippen LogP contribution in [-0.2, 0) is 0 Å². The molecule has 0 aliphatic rings. The van der Waals surface area contributed by atoms with Gasteiger partial charge in [0.2, 0.25) is 0 Å². The molecular formula is C54H34N2OS. The first-order valence-corrected chi connectivity index (χ1v) is 20.5. The van der Waals surface area contributed by atoms with E-state index in [0.29, 0.717) is 0 Å². The monoisotopic (exact) mass is 758 g/mol. The van der Waals surface area contributed by atoms with Crippen LogP contribution in [0.5, 0.6) is 0 Å². The van der Waals surface area contributed by atoms with Crippen molar-refractivity contribution in [1.29, 1.82) is 0 Å². The van der Waals surface area contributed by atoms with Gasteiger partial charge in [-0.05, 0) is 77.9 Å². The molecule has 58 heavy (non-hydrogen) atoms. The highest BCUT2D eigenvalue weighted by Gasteiger charge is 2.25. The molecule has 12 aromatic rings. The van der Waals surface area contributed by atoms with Crippen molar-refractivity contribution in [3.8, 4) is 27.9 Å². The first kappa shape index (κ1) is 32.8. The molecule has 0 radical (unpaired) electrons. The van der Waals surface area contributed by atoms with Gasteiger partial charge in [0.15, 0.2) is 0 Å². The summed E-state index contributed by atoms with van der Waals surface area (Å²) in [4.78, 5) is 2.36. The molecule has 0 aliphatic carbocycles. The van der Waals surface area contributed by atoms with Crippen LogP contribution in [0.4, 0.5) is 17.1 Å². The van der Waals surface area contributed by atoms with Crippen LogP contribution in [-0.4, -0.2) is 4.57 Å². The van der Waals surface area contributed by atoms with E-state index in [1.54, 1.807) is 0 Å². The standard InChI is InChI=1S/C54H34N2OS/c1-4-15-35(16-5-1)41-23-14-24-44-52-46(34-48-53(43-22-10-12-25-47(43)57-48)51(52)36-17-6-2-7-18-36)56(54(41)44)39-29-27-38(28-30-39)55(37-19-8-3-9-20-37)40-31-32-50-45(33-40)42-21-11-13-26-49(42)58-50/h1-34H. The zero-order valence-electron chi connectivity index (χ0n) is 31.3. The lowest BCUT2D eigenvalue weighted by Crippen LogP contribution is -2.10. The van der Waals surface area contributed by atoms with Gasteiger partial charge >= 0.3 is 0 Å². The third-order valence-corrected chi connectivity index (χ3v) is 12.7. The van der Waals surface area contributed by atoms with Crippen LogP contribution in [0.15, 0.2) is 211 Å². The molecule has 9 aromatic carbocycles. The number of anilines is 3. The Labute approximate surface area is 338 Å². The van der Waals surface area contributed by atoms with Crippen molar-refractivity contribution >= 4 is 92.3 Å². The van der Waals surface area contributed by atoms with Crippen LogP contribution in [0, 0.1) is 0 Å². The summed E-state index contributed by atoms with van der Waals surface area (Å²) in [5.41, 5.74) is 13.1. The minimum absolute atomic E-state index is 0.876. The average molecular weight is 759 g/mol. The molecule has 0 spiro atoms. The Hall–Kier alpha value is -7.40. The van der Waals surface area contributed by atoms with Crippen molar-refractivity contribution < 1.29 is 4.42 Å². The normalized spacial score (nSPS) is 11.8. The van der Waals surface area contributed by atoms with E-state index in [1.807, 2.05) is 11.3 Å². The summed E-state index contributed by atoms with van der Waals surface area (Å²) in [5.74, 6) is 0. The number of furan rings is 1. The maximum atomic E-state index is 6.71. The fourth-order valence-electron chi connectivity index (χ4n) is 9.07. The molecule has 0 saturated heterocycles. The fourth-order valence-corrected chi connectivity index (χ4v) is 10.2. The Bertz CT molecular complexity index is 3490. The summed E-state index contributed by atoms with van der Waals surface area (Å²) < 4.78 is 11.8. The minimum atomic E-state index is 0.876. The number of para-hydroxylation sites is 3. The lowest BCUT2D eigenvalue weighted by Gasteiger charge is -2.26. The quantitative estimate of drug-likeness (QED) is 0.168. The molecule has 0 unspecified atom stereocenters. The molecule has 0 amide bonds. The van der Waals surface area contributed by atoms with E-state index in [0.717, 1.165) is 55.8 Å². The molecule has 3 heterocycles. The molecule has 3 aromatic heterocycles. The van der Waals surface area contributed by atoms with Crippen molar-refractivity contribution in [2.24, 2.45) is 0 Å². The van der Waals surface area contributed by atoms with Crippen LogP contribution in [0.25, 0.3) is 91.9 Å². The van der Waals surface area contributed by atoms with E-state index in [9.17, 15) is 0 Å². The lowest BCUT2D eigenvalue weighted by molar-refractivity contribution is 0.669. The highest BCUT2D eigenvalue weighted by molar-refractivity contribution is 7.25. The molecule has 3 nitrogen and oxygen atoms in total. The van der Waals surface area contributed by atoms with Crippen LogP contribution in [0.1, 0.15) is 0 Å². The van der Waals surface area contributed by atoms with Gasteiger partial charge in [-0.2, -0.15) is 0 Å². The highest BCUT2D eigenvalue weighted by Crippen LogP contribution is 2.48. The van der Waals surface area contributed by atoms with Gasteiger partial charge in [-0.15, -0.1) is 11.3 Å². The van der Waals surface area contributed by atoms with Gasteiger partial charge in [0.1, 0.15) is 11.2 Å². The van der Waals surface area contributed by atoms with E-state index >= 15 is 0 Å². The van der Waals surface area contributed by atoms with Crippen molar-refractivity contribution in [2.45, 2.75) is 0 Å². The summed E-state index contributed by atoms with van der Waals surface area (Å²) in [7, 11) is 0. The number of nitrogens with zero attached hydrogens (tertiary/aromatic N) is 2. The van der Waals surface area contributed by atoms with E-state index < -0.39 is 0 Å². The lowest BCUT2D eigenvalue weighted by atomic mass is 9.93. The first-order valence-electron chi connectivity index (χ1n) is 19.7. The van der Waals surface area contributed by atoms with Crippen molar-refractivity contribution in [3.63, 3.8) is 0 Å². The predicted molar refractivity (Wildman–Crippen MR) is 247 cm³/mol. The number of benzene rings is 9.